The third-order valence-electron chi connectivity index (χ3n) is 1.47. The largest absolute Gasteiger partial charge is 0.349 e. The fourth-order valence-corrected chi connectivity index (χ4v) is 1.61. The molecule has 1 fully saturated rings. The van der Waals surface area contributed by atoms with Crippen LogP contribution >= 0.6 is 22.6 Å². The highest BCUT2D eigenvalue weighted by Crippen LogP contribution is 2.39. The Morgan fingerprint density at radius 3 is 2.22 bits per heavy atom. The van der Waals surface area contributed by atoms with E-state index in [4.69, 9.17) is 0 Å². The zero-order valence-corrected chi connectivity index (χ0v) is 7.75. The molecule has 0 aromatic heterocycles. The van der Waals surface area contributed by atoms with Gasteiger partial charge < -0.3 is 4.90 Å². The topological polar surface area (TPSA) is 20.3 Å². The Hall–Kier alpha value is 0.200. The van der Waals surface area contributed by atoms with Crippen molar-refractivity contribution in [2.45, 2.75) is 10.3 Å². The normalized spacial score (nSPS) is 31.9. The lowest BCUT2D eigenvalue weighted by molar-refractivity contribution is -0.129. The van der Waals surface area contributed by atoms with Crippen LogP contribution in [0.25, 0.3) is 0 Å². The first-order chi connectivity index (χ1) is 4.13. The van der Waals surface area contributed by atoms with E-state index in [2.05, 4.69) is 22.6 Å². The smallest absolute Gasteiger partial charge is 0.226 e. The standard InChI is InChI=1S/C6H10INO/c1-8(2)6(9)4-3-5(4)7/h4-5H,3H2,1-2H3/t4-,5+/m1/s1. The van der Waals surface area contributed by atoms with Crippen LogP contribution in [-0.4, -0.2) is 28.8 Å². The molecule has 0 unspecified atom stereocenters. The van der Waals surface area contributed by atoms with E-state index < -0.39 is 0 Å². The summed E-state index contributed by atoms with van der Waals surface area (Å²) in [5.41, 5.74) is 0. The average Bonchev–Trinajstić information content (AvgIpc) is 2.44. The number of hydrogen-bond donors (Lipinski definition) is 0. The van der Waals surface area contributed by atoms with Crippen LogP contribution in [0.4, 0.5) is 0 Å². The molecular formula is C6H10INO. The third-order valence-corrected chi connectivity index (χ3v) is 2.85. The van der Waals surface area contributed by atoms with Gasteiger partial charge in [-0.2, -0.15) is 0 Å². The molecule has 0 saturated heterocycles. The molecular weight excluding hydrogens is 229 g/mol. The van der Waals surface area contributed by atoms with Crippen LogP contribution in [0.5, 0.6) is 0 Å². The summed E-state index contributed by atoms with van der Waals surface area (Å²) < 4.78 is 0.609. The van der Waals surface area contributed by atoms with Crippen LogP contribution in [0.3, 0.4) is 0 Å². The summed E-state index contributed by atoms with van der Waals surface area (Å²) in [4.78, 5) is 12.7. The number of carbonyl (C=O) groups is 1. The first-order valence-electron chi connectivity index (χ1n) is 2.98. The Morgan fingerprint density at radius 2 is 2.11 bits per heavy atom. The molecule has 9 heavy (non-hydrogen) atoms. The van der Waals surface area contributed by atoms with Gasteiger partial charge in [-0.1, -0.05) is 22.6 Å². The summed E-state index contributed by atoms with van der Waals surface area (Å²) in [6, 6.07) is 0. The molecule has 1 aliphatic carbocycles. The second-order valence-corrected chi connectivity index (χ2v) is 4.19. The van der Waals surface area contributed by atoms with Crippen molar-refractivity contribution in [3.63, 3.8) is 0 Å². The van der Waals surface area contributed by atoms with E-state index in [1.165, 1.54) is 0 Å². The predicted octanol–water partition coefficient (Wildman–Crippen LogP) is 0.898. The Kier molecular flexibility index (Phi) is 1.98. The maximum absolute atomic E-state index is 11.0. The fourth-order valence-electron chi connectivity index (χ4n) is 0.751. The highest BCUT2D eigenvalue weighted by molar-refractivity contribution is 14.1. The second-order valence-electron chi connectivity index (χ2n) is 2.59. The van der Waals surface area contributed by atoms with Gasteiger partial charge in [0.05, 0.1) is 5.92 Å². The molecule has 1 saturated carbocycles. The molecule has 0 bridgehead atoms. The van der Waals surface area contributed by atoms with E-state index in [1.54, 1.807) is 4.90 Å². The van der Waals surface area contributed by atoms with Crippen molar-refractivity contribution >= 4 is 28.5 Å². The van der Waals surface area contributed by atoms with Gasteiger partial charge in [0.2, 0.25) is 5.91 Å². The molecule has 0 heterocycles. The minimum Gasteiger partial charge on any atom is -0.349 e. The zero-order valence-electron chi connectivity index (χ0n) is 5.60. The zero-order chi connectivity index (χ0) is 7.02. The Bertz CT molecular complexity index is 135. The van der Waals surface area contributed by atoms with Crippen molar-refractivity contribution in [1.29, 1.82) is 0 Å². The summed E-state index contributed by atoms with van der Waals surface area (Å²) in [5.74, 6) is 0.620. The lowest BCUT2D eigenvalue weighted by Gasteiger charge is -2.07. The third kappa shape index (κ3) is 1.56. The van der Waals surface area contributed by atoms with Crippen molar-refractivity contribution in [1.82, 2.24) is 4.90 Å². The first kappa shape index (κ1) is 7.31. The number of halogens is 1. The van der Waals surface area contributed by atoms with Crippen molar-refractivity contribution in [3.05, 3.63) is 0 Å². The highest BCUT2D eigenvalue weighted by Gasteiger charge is 2.41. The molecule has 0 N–H and O–H groups in total. The van der Waals surface area contributed by atoms with Crippen LogP contribution in [0, 0.1) is 5.92 Å². The number of nitrogens with zero attached hydrogens (tertiary/aromatic N) is 1. The van der Waals surface area contributed by atoms with Gasteiger partial charge in [0, 0.05) is 18.0 Å². The van der Waals surface area contributed by atoms with E-state index in [-0.39, 0.29) is 5.91 Å². The Morgan fingerprint density at radius 1 is 1.67 bits per heavy atom. The Balaban J connectivity index is 2.36. The van der Waals surface area contributed by atoms with Crippen LogP contribution < -0.4 is 0 Å². The van der Waals surface area contributed by atoms with E-state index in [1.807, 2.05) is 14.1 Å². The first-order valence-corrected chi connectivity index (χ1v) is 4.22. The van der Waals surface area contributed by atoms with Gasteiger partial charge in [-0.05, 0) is 6.42 Å². The summed E-state index contributed by atoms with van der Waals surface area (Å²) in [6.07, 6.45) is 1.08. The van der Waals surface area contributed by atoms with E-state index >= 15 is 0 Å². The van der Waals surface area contributed by atoms with Crippen LogP contribution in [0.1, 0.15) is 6.42 Å². The predicted molar refractivity (Wildman–Crippen MR) is 44.6 cm³/mol. The van der Waals surface area contributed by atoms with Gasteiger partial charge in [-0.15, -0.1) is 0 Å². The number of rotatable bonds is 1. The number of alkyl halides is 1. The molecule has 0 aromatic rings. The molecule has 2 nitrogen and oxygen atoms in total. The second kappa shape index (κ2) is 2.44. The summed E-state index contributed by atoms with van der Waals surface area (Å²) in [7, 11) is 3.62. The van der Waals surface area contributed by atoms with Crippen molar-refractivity contribution in [2.75, 3.05) is 14.1 Å². The summed E-state index contributed by atoms with van der Waals surface area (Å²) in [6.45, 7) is 0. The molecule has 0 radical (unpaired) electrons. The fraction of sp³-hybridized carbons (Fsp3) is 0.833. The van der Waals surface area contributed by atoms with Gasteiger partial charge in [0.15, 0.2) is 0 Å². The highest BCUT2D eigenvalue weighted by atomic mass is 127. The molecule has 1 aliphatic rings. The maximum atomic E-state index is 11.0. The van der Waals surface area contributed by atoms with Crippen molar-refractivity contribution in [2.24, 2.45) is 5.92 Å². The molecule has 1 rings (SSSR count). The van der Waals surface area contributed by atoms with Gasteiger partial charge in [0.1, 0.15) is 0 Å². The number of amides is 1. The van der Waals surface area contributed by atoms with Crippen molar-refractivity contribution < 1.29 is 4.79 Å². The molecule has 3 heteroatoms. The van der Waals surface area contributed by atoms with Gasteiger partial charge in [-0.25, -0.2) is 0 Å². The van der Waals surface area contributed by atoms with Gasteiger partial charge in [0.25, 0.3) is 0 Å². The van der Waals surface area contributed by atoms with Crippen LogP contribution in [0.15, 0.2) is 0 Å². The molecule has 1 amide bonds. The van der Waals surface area contributed by atoms with E-state index in [9.17, 15) is 4.79 Å². The minimum atomic E-state index is 0.286. The lowest BCUT2D eigenvalue weighted by atomic mass is 10.4. The summed E-state index contributed by atoms with van der Waals surface area (Å²) >= 11 is 2.32. The quantitative estimate of drug-likeness (QED) is 0.491. The number of hydrogen-bond acceptors (Lipinski definition) is 1. The monoisotopic (exact) mass is 239 g/mol. The van der Waals surface area contributed by atoms with Gasteiger partial charge >= 0.3 is 0 Å². The minimum absolute atomic E-state index is 0.286. The molecule has 0 aliphatic heterocycles. The SMILES string of the molecule is CN(C)C(=O)[C@@H]1C[C@@H]1I. The van der Waals surface area contributed by atoms with E-state index in [0.29, 0.717) is 9.84 Å². The lowest BCUT2D eigenvalue weighted by Crippen LogP contribution is -2.23. The van der Waals surface area contributed by atoms with Crippen molar-refractivity contribution in [3.8, 4) is 0 Å². The molecule has 0 aromatic carbocycles. The van der Waals surface area contributed by atoms with E-state index in [0.717, 1.165) is 6.42 Å². The van der Waals surface area contributed by atoms with Crippen LogP contribution in [0.2, 0.25) is 0 Å². The Labute approximate surface area is 68.7 Å². The van der Waals surface area contributed by atoms with Gasteiger partial charge in [-0.3, -0.25) is 4.79 Å². The number of carbonyl (C=O) groups excluding carboxylic acids is 1. The summed E-state index contributed by atoms with van der Waals surface area (Å²) in [5, 5.41) is 0. The molecule has 0 spiro atoms. The molecule has 2 atom stereocenters. The maximum Gasteiger partial charge on any atom is 0.226 e. The van der Waals surface area contributed by atoms with Crippen LogP contribution in [-0.2, 0) is 4.79 Å². The average molecular weight is 239 g/mol. The molecule has 52 valence electrons.